The number of nitro groups is 1. The van der Waals surface area contributed by atoms with Crippen LogP contribution in [0.2, 0.25) is 0 Å². The van der Waals surface area contributed by atoms with Gasteiger partial charge in [0.1, 0.15) is 5.82 Å². The van der Waals surface area contributed by atoms with Gasteiger partial charge in [-0.15, -0.1) is 0 Å². The number of rotatable bonds is 2. The quantitative estimate of drug-likeness (QED) is 0.440. The van der Waals surface area contributed by atoms with Gasteiger partial charge in [0, 0.05) is 12.1 Å². The lowest BCUT2D eigenvalue weighted by Crippen LogP contribution is -2.02. The van der Waals surface area contributed by atoms with E-state index in [0.717, 1.165) is 16.9 Å². The Morgan fingerprint density at radius 3 is 2.70 bits per heavy atom. The Balaban J connectivity index is 2.26. The van der Waals surface area contributed by atoms with E-state index in [4.69, 9.17) is 5.73 Å². The van der Waals surface area contributed by atoms with Crippen LogP contribution >= 0.6 is 0 Å². The molecule has 1 heterocycles. The van der Waals surface area contributed by atoms with Gasteiger partial charge < -0.3 is 5.73 Å². The summed E-state index contributed by atoms with van der Waals surface area (Å²) in [6, 6.07) is 12.1. The molecular weight excluding hydrogens is 256 g/mol. The number of para-hydroxylation sites is 2. The zero-order valence-electron chi connectivity index (χ0n) is 10.8. The van der Waals surface area contributed by atoms with Crippen LogP contribution in [0, 0.1) is 17.0 Å². The molecule has 0 amide bonds. The van der Waals surface area contributed by atoms with Crippen molar-refractivity contribution in [2.24, 2.45) is 0 Å². The van der Waals surface area contributed by atoms with Crippen LogP contribution in [0.4, 0.5) is 11.4 Å². The van der Waals surface area contributed by atoms with Gasteiger partial charge in [-0.3, -0.25) is 14.7 Å². The maximum Gasteiger partial charge on any atom is 0.271 e. The van der Waals surface area contributed by atoms with Crippen LogP contribution in [-0.2, 0) is 0 Å². The number of benzene rings is 2. The molecule has 0 radical (unpaired) electrons. The Kier molecular flexibility index (Phi) is 2.64. The number of aryl methyl sites for hydroxylation is 1. The highest BCUT2D eigenvalue weighted by molar-refractivity contribution is 5.80. The molecule has 0 aliphatic rings. The summed E-state index contributed by atoms with van der Waals surface area (Å²) in [6.07, 6.45) is 0. The Bertz CT molecular complexity index is 823. The first kappa shape index (κ1) is 12.2. The molecule has 0 atom stereocenters. The third-order valence-electron chi connectivity index (χ3n) is 3.19. The molecule has 0 aliphatic heterocycles. The van der Waals surface area contributed by atoms with E-state index in [2.05, 4.69) is 4.98 Å². The van der Waals surface area contributed by atoms with Crippen molar-refractivity contribution < 1.29 is 4.92 Å². The molecule has 100 valence electrons. The van der Waals surface area contributed by atoms with Gasteiger partial charge in [0.2, 0.25) is 0 Å². The van der Waals surface area contributed by atoms with Crippen molar-refractivity contribution in [3.8, 4) is 5.69 Å². The van der Waals surface area contributed by atoms with Gasteiger partial charge in [-0.05, 0) is 25.1 Å². The minimum Gasteiger partial charge on any atom is -0.397 e. The molecule has 3 rings (SSSR count). The van der Waals surface area contributed by atoms with E-state index in [1.54, 1.807) is 6.07 Å². The highest BCUT2D eigenvalue weighted by Crippen LogP contribution is 2.27. The molecule has 0 saturated heterocycles. The summed E-state index contributed by atoms with van der Waals surface area (Å²) >= 11 is 0. The van der Waals surface area contributed by atoms with Crippen LogP contribution in [0.1, 0.15) is 5.82 Å². The third-order valence-corrected chi connectivity index (χ3v) is 3.19. The van der Waals surface area contributed by atoms with Gasteiger partial charge in [-0.2, -0.15) is 0 Å². The third kappa shape index (κ3) is 1.78. The van der Waals surface area contributed by atoms with Crippen molar-refractivity contribution in [2.45, 2.75) is 6.92 Å². The highest BCUT2D eigenvalue weighted by atomic mass is 16.6. The Morgan fingerprint density at radius 2 is 2.00 bits per heavy atom. The topological polar surface area (TPSA) is 87.0 Å². The van der Waals surface area contributed by atoms with Crippen molar-refractivity contribution in [3.63, 3.8) is 0 Å². The van der Waals surface area contributed by atoms with Crippen LogP contribution < -0.4 is 5.73 Å². The highest BCUT2D eigenvalue weighted by Gasteiger charge is 2.14. The number of imidazole rings is 1. The lowest BCUT2D eigenvalue weighted by atomic mass is 10.2. The van der Waals surface area contributed by atoms with E-state index >= 15 is 0 Å². The SMILES string of the molecule is Cc1nc2ccccc2n1-c1ccc([N+](=O)[O-])cc1N. The van der Waals surface area contributed by atoms with Gasteiger partial charge in [0.05, 0.1) is 27.3 Å². The predicted octanol–water partition coefficient (Wildman–Crippen LogP) is 2.82. The minimum atomic E-state index is -0.459. The molecular formula is C14H12N4O2. The normalized spacial score (nSPS) is 10.8. The molecule has 0 aliphatic carbocycles. The van der Waals surface area contributed by atoms with E-state index in [1.165, 1.54) is 12.1 Å². The number of nitrogens with two attached hydrogens (primary N) is 1. The fourth-order valence-electron chi connectivity index (χ4n) is 2.31. The van der Waals surface area contributed by atoms with E-state index in [9.17, 15) is 10.1 Å². The summed E-state index contributed by atoms with van der Waals surface area (Å²) in [5, 5.41) is 10.8. The van der Waals surface area contributed by atoms with E-state index < -0.39 is 4.92 Å². The average Bonchev–Trinajstić information content (AvgIpc) is 2.74. The number of non-ortho nitro benzene ring substituents is 1. The van der Waals surface area contributed by atoms with Crippen LogP contribution in [0.15, 0.2) is 42.5 Å². The summed E-state index contributed by atoms with van der Waals surface area (Å²) in [5.74, 6) is 0.784. The van der Waals surface area contributed by atoms with Gasteiger partial charge in [0.25, 0.3) is 5.69 Å². The average molecular weight is 268 g/mol. The lowest BCUT2D eigenvalue weighted by molar-refractivity contribution is -0.384. The molecule has 0 unspecified atom stereocenters. The second kappa shape index (κ2) is 4.34. The molecule has 6 nitrogen and oxygen atoms in total. The van der Waals surface area contributed by atoms with Gasteiger partial charge in [-0.1, -0.05) is 12.1 Å². The molecule has 0 bridgehead atoms. The largest absolute Gasteiger partial charge is 0.397 e. The fourth-order valence-corrected chi connectivity index (χ4v) is 2.31. The number of anilines is 1. The maximum atomic E-state index is 10.8. The monoisotopic (exact) mass is 268 g/mol. The Hall–Kier alpha value is -2.89. The molecule has 0 spiro atoms. The fraction of sp³-hybridized carbons (Fsp3) is 0.0714. The van der Waals surface area contributed by atoms with Crippen LogP contribution in [-0.4, -0.2) is 14.5 Å². The van der Waals surface area contributed by atoms with Crippen molar-refractivity contribution in [1.29, 1.82) is 0 Å². The number of hydrogen-bond acceptors (Lipinski definition) is 4. The lowest BCUT2D eigenvalue weighted by Gasteiger charge is -2.09. The van der Waals surface area contributed by atoms with Crippen molar-refractivity contribution in [1.82, 2.24) is 9.55 Å². The molecule has 2 aromatic carbocycles. The van der Waals surface area contributed by atoms with Gasteiger partial charge in [0.15, 0.2) is 0 Å². The van der Waals surface area contributed by atoms with E-state index in [1.807, 2.05) is 35.8 Å². The number of nitrogens with zero attached hydrogens (tertiary/aromatic N) is 3. The number of aromatic nitrogens is 2. The van der Waals surface area contributed by atoms with E-state index in [0.29, 0.717) is 11.4 Å². The number of fused-ring (bicyclic) bond motifs is 1. The summed E-state index contributed by atoms with van der Waals surface area (Å²) in [4.78, 5) is 14.8. The minimum absolute atomic E-state index is 0.0201. The van der Waals surface area contributed by atoms with Crippen molar-refractivity contribution in [2.75, 3.05) is 5.73 Å². The summed E-state index contributed by atoms with van der Waals surface area (Å²) in [6.45, 7) is 1.88. The number of nitro benzene ring substituents is 1. The summed E-state index contributed by atoms with van der Waals surface area (Å²) in [5.41, 5.74) is 8.77. The summed E-state index contributed by atoms with van der Waals surface area (Å²) in [7, 11) is 0. The first-order valence-corrected chi connectivity index (χ1v) is 6.06. The second-order valence-corrected chi connectivity index (χ2v) is 4.48. The maximum absolute atomic E-state index is 10.8. The molecule has 0 saturated carbocycles. The van der Waals surface area contributed by atoms with E-state index in [-0.39, 0.29) is 5.69 Å². The van der Waals surface area contributed by atoms with Crippen LogP contribution in [0.25, 0.3) is 16.7 Å². The predicted molar refractivity (Wildman–Crippen MR) is 76.9 cm³/mol. The van der Waals surface area contributed by atoms with Gasteiger partial charge in [-0.25, -0.2) is 4.98 Å². The van der Waals surface area contributed by atoms with Crippen molar-refractivity contribution >= 4 is 22.4 Å². The number of hydrogen-bond donors (Lipinski definition) is 1. The zero-order valence-corrected chi connectivity index (χ0v) is 10.8. The van der Waals surface area contributed by atoms with Crippen LogP contribution in [0.3, 0.4) is 0 Å². The molecule has 2 N–H and O–H groups in total. The zero-order chi connectivity index (χ0) is 14.3. The van der Waals surface area contributed by atoms with Crippen LogP contribution in [0.5, 0.6) is 0 Å². The molecule has 20 heavy (non-hydrogen) atoms. The molecule has 6 heteroatoms. The number of nitrogen functional groups attached to an aromatic ring is 1. The standard InChI is InChI=1S/C14H12N4O2/c1-9-16-12-4-2-3-5-14(12)17(9)13-7-6-10(18(19)20)8-11(13)15/h2-8H,15H2,1H3. The smallest absolute Gasteiger partial charge is 0.271 e. The van der Waals surface area contributed by atoms with Crippen molar-refractivity contribution in [3.05, 3.63) is 58.4 Å². The van der Waals surface area contributed by atoms with Gasteiger partial charge >= 0.3 is 0 Å². The first-order chi connectivity index (χ1) is 9.58. The molecule has 0 fully saturated rings. The molecule has 1 aromatic heterocycles. The second-order valence-electron chi connectivity index (χ2n) is 4.48. The molecule has 3 aromatic rings. The Morgan fingerprint density at radius 1 is 1.25 bits per heavy atom. The summed E-state index contributed by atoms with van der Waals surface area (Å²) < 4.78 is 1.90. The Labute approximate surface area is 114 Å². The first-order valence-electron chi connectivity index (χ1n) is 6.06.